The number of anilines is 1. The van der Waals surface area contributed by atoms with Crippen LogP contribution in [0.1, 0.15) is 137 Å². The predicted octanol–water partition coefficient (Wildman–Crippen LogP) is 7.63. The Labute approximate surface area is 510 Å². The van der Waals surface area contributed by atoms with Gasteiger partial charge in [0.2, 0.25) is 41.2 Å². The molecular weight excluding hydrogens is 1110 g/mol. The molecule has 7 amide bonds. The van der Waals surface area contributed by atoms with Crippen LogP contribution in [0.15, 0.2) is 115 Å². The Hall–Kier alpha value is -8.48. The molecule has 2 bridgehead atoms. The Kier molecular flexibility index (Phi) is 23.3. The van der Waals surface area contributed by atoms with Crippen LogP contribution in [0.4, 0.5) is 5.69 Å². The highest BCUT2D eigenvalue weighted by Crippen LogP contribution is 2.31. The number of fused-ring (bicyclic) bond motifs is 4. The van der Waals surface area contributed by atoms with Gasteiger partial charge in [0.25, 0.3) is 5.91 Å². The van der Waals surface area contributed by atoms with Crippen molar-refractivity contribution in [2.24, 2.45) is 11.3 Å². The van der Waals surface area contributed by atoms with E-state index in [1.54, 1.807) is 68.7 Å². The van der Waals surface area contributed by atoms with Gasteiger partial charge in [-0.05, 0) is 137 Å². The van der Waals surface area contributed by atoms with Crippen LogP contribution in [-0.4, -0.2) is 143 Å². The number of nitrogens with zero attached hydrogens (tertiary/aromatic N) is 4. The molecule has 4 aromatic rings. The van der Waals surface area contributed by atoms with Crippen LogP contribution in [0.2, 0.25) is 0 Å². The van der Waals surface area contributed by atoms with Gasteiger partial charge in [0.05, 0.1) is 5.41 Å². The first-order valence-corrected chi connectivity index (χ1v) is 30.4. The number of esters is 2. The Bertz CT molecular complexity index is 3160. The molecule has 2 fully saturated rings. The summed E-state index contributed by atoms with van der Waals surface area (Å²) in [4.78, 5) is 148. The van der Waals surface area contributed by atoms with E-state index in [1.165, 1.54) is 45.6 Å². The van der Waals surface area contributed by atoms with Crippen LogP contribution < -0.4 is 16.0 Å². The summed E-state index contributed by atoms with van der Waals surface area (Å²) in [6, 6.07) is 25.1. The number of hydrogen-bond donors (Lipinski definition) is 3. The fourth-order valence-electron chi connectivity index (χ4n) is 11.3. The molecule has 0 spiro atoms. The number of piperidine rings is 1. The summed E-state index contributed by atoms with van der Waals surface area (Å²) in [5.41, 5.74) is 3.77. The molecule has 3 aliphatic rings. The second-order valence-corrected chi connectivity index (χ2v) is 24.3. The number of carbonyl (C=O) groups excluding carboxylic acids is 10. The number of hydrogen-bond acceptors (Lipinski definition) is 12. The van der Waals surface area contributed by atoms with E-state index in [2.05, 4.69) is 22.0 Å². The zero-order valence-corrected chi connectivity index (χ0v) is 51.5. The van der Waals surface area contributed by atoms with Crippen LogP contribution >= 0.6 is 0 Å². The molecule has 0 aliphatic carbocycles. The van der Waals surface area contributed by atoms with Gasteiger partial charge in [0.15, 0.2) is 0 Å². The lowest BCUT2D eigenvalue weighted by Crippen LogP contribution is -2.58. The third-order valence-corrected chi connectivity index (χ3v) is 16.5. The Morgan fingerprint density at radius 1 is 0.655 bits per heavy atom. The first-order chi connectivity index (χ1) is 41.5. The number of aryl methyl sites for hydroxylation is 3. The molecule has 0 saturated carbocycles. The Balaban J connectivity index is 1.18. The van der Waals surface area contributed by atoms with Crippen molar-refractivity contribution in [2.75, 3.05) is 45.7 Å². The van der Waals surface area contributed by atoms with Crippen molar-refractivity contribution >= 4 is 64.8 Å². The normalized spacial score (nSPS) is 23.3. The van der Waals surface area contributed by atoms with E-state index in [0.717, 1.165) is 22.3 Å². The second kappa shape index (κ2) is 30.7. The number of Topliss-reactive ketones (excluding diaryl/α,β-unsaturated/α-hetero) is 1. The number of ketones is 1. The highest BCUT2D eigenvalue weighted by atomic mass is 16.5. The van der Waals surface area contributed by atoms with Crippen LogP contribution in [-0.2, 0) is 70.3 Å². The molecule has 4 aromatic carbocycles. The van der Waals surface area contributed by atoms with Gasteiger partial charge < -0.3 is 45.0 Å². The minimum Gasteiger partial charge on any atom is -0.461 e. The zero-order valence-electron chi connectivity index (χ0n) is 51.5. The van der Waals surface area contributed by atoms with Gasteiger partial charge >= 0.3 is 11.9 Å². The minimum atomic E-state index is -1.49. The van der Waals surface area contributed by atoms with E-state index < -0.39 is 101 Å². The molecule has 0 aromatic heterocycles. The van der Waals surface area contributed by atoms with E-state index in [4.69, 9.17) is 9.47 Å². The summed E-state index contributed by atoms with van der Waals surface area (Å²) in [6.07, 6.45) is 4.78. The Morgan fingerprint density at radius 2 is 1.33 bits per heavy atom. The molecular formula is C68H85N7O12. The van der Waals surface area contributed by atoms with Crippen molar-refractivity contribution in [3.8, 4) is 0 Å². The van der Waals surface area contributed by atoms with E-state index in [-0.39, 0.29) is 63.6 Å². The number of ether oxygens (including phenoxy) is 2. The summed E-state index contributed by atoms with van der Waals surface area (Å²) in [5.74, 6) is -6.41. The highest BCUT2D eigenvalue weighted by Gasteiger charge is 2.44. The number of carbonyl (C=O) groups is 10. The van der Waals surface area contributed by atoms with E-state index >= 15 is 0 Å². The fourth-order valence-corrected chi connectivity index (χ4v) is 11.3. The van der Waals surface area contributed by atoms with Crippen molar-refractivity contribution in [3.63, 3.8) is 0 Å². The van der Waals surface area contributed by atoms with Crippen LogP contribution in [0.25, 0.3) is 0 Å². The molecule has 0 radical (unpaired) electrons. The molecule has 0 unspecified atom stereocenters. The fraction of sp³-hybridized carbons (Fsp3) is 0.471. The molecule has 87 heavy (non-hydrogen) atoms. The van der Waals surface area contributed by atoms with E-state index in [9.17, 15) is 47.9 Å². The quantitative estimate of drug-likeness (QED) is 0.114. The second-order valence-electron chi connectivity index (χ2n) is 24.3. The highest BCUT2D eigenvalue weighted by molar-refractivity contribution is 6.38. The summed E-state index contributed by atoms with van der Waals surface area (Å²) >= 11 is 0. The Morgan fingerprint density at radius 3 is 2.05 bits per heavy atom. The molecule has 464 valence electrons. The number of benzene rings is 4. The lowest BCUT2D eigenvalue weighted by Gasteiger charge is -2.36. The van der Waals surface area contributed by atoms with Gasteiger partial charge in [-0.15, -0.1) is 0 Å². The molecule has 19 nitrogen and oxygen atoms in total. The van der Waals surface area contributed by atoms with Gasteiger partial charge in [-0.25, -0.2) is 9.59 Å². The molecule has 6 atom stereocenters. The van der Waals surface area contributed by atoms with E-state index in [1.807, 2.05) is 70.2 Å². The number of amides is 7. The molecule has 19 heteroatoms. The van der Waals surface area contributed by atoms with Gasteiger partial charge in [0, 0.05) is 64.8 Å². The SMILES string of the molecule is Cc1ccc(CC[C@H]2OC(=O)[C@@H]3CCCCN3C(=O)C(=O)C(C)(C)COC(=O)C=CCCN(C)C(=O)[C@H](CC(C)C)N(C)C(=O)[C@H]3CCCN3C(=O)[C@H](Cc3ccccc3)NC(=O)[C@H](c3ccccc3)NC(=O)CCC(=O)Nc3cccc2c3)cc1C. The molecule has 2 saturated heterocycles. The smallest absolute Gasteiger partial charge is 0.330 e. The van der Waals surface area contributed by atoms with Crippen molar-refractivity contribution in [2.45, 2.75) is 155 Å². The zero-order chi connectivity index (χ0) is 63.0. The lowest BCUT2D eigenvalue weighted by molar-refractivity contribution is -0.165. The van der Waals surface area contributed by atoms with Crippen molar-refractivity contribution < 1.29 is 57.4 Å². The van der Waals surface area contributed by atoms with E-state index in [0.29, 0.717) is 61.8 Å². The van der Waals surface area contributed by atoms with Crippen LogP contribution in [0.5, 0.6) is 0 Å². The molecule has 3 aliphatic heterocycles. The average molecular weight is 1190 g/mol. The number of cyclic esters (lactones) is 2. The van der Waals surface area contributed by atoms with Crippen LogP contribution in [0, 0.1) is 25.2 Å². The first kappa shape index (κ1) is 66.1. The topological polar surface area (TPSA) is 238 Å². The summed E-state index contributed by atoms with van der Waals surface area (Å²) in [5, 5.41) is 8.59. The largest absolute Gasteiger partial charge is 0.461 e. The molecule has 3 heterocycles. The third kappa shape index (κ3) is 18.0. The van der Waals surface area contributed by atoms with Crippen molar-refractivity contribution in [1.29, 1.82) is 0 Å². The number of likely N-dealkylation sites (N-methyl/N-ethyl adjacent to an activating group) is 2. The number of rotatable bonds is 8. The molecule has 3 N–H and O–H groups in total. The maximum Gasteiger partial charge on any atom is 0.330 e. The average Bonchev–Trinajstić information content (AvgIpc) is 2.57. The molecule has 7 rings (SSSR count). The minimum absolute atomic E-state index is 0.0200. The van der Waals surface area contributed by atoms with Gasteiger partial charge in [-0.3, -0.25) is 38.4 Å². The van der Waals surface area contributed by atoms with Gasteiger partial charge in [0.1, 0.15) is 42.9 Å². The number of nitrogens with one attached hydrogen (secondary N) is 3. The standard InChI is InChI=1S/C68H85N7O12/c1-44(2)39-55-64(82)72(7)36-17-16-29-59(78)86-43-68(5,6)61(79)66(84)75-37-18-15-27-54(75)67(85)87-56(33-32-48-31-30-45(3)46(4)40-48)50-25-19-26-51(42-50)69-57(76)34-35-58(77)71-60(49-23-13-10-14-24-49)62(80)70-52(41-47-21-11-9-12-22-47)63(81)74-38-20-28-53(74)65(83)73(55)8/h9-14,16,19,21-26,29-31,40,42,44,52-56,60H,15,17-18,20,27-28,32-39,41,43H2,1-8H3,(H,69,76)(H,70,80)(H,71,77)/t52-,53+,54-,55-,56+,60-/m0/s1. The lowest BCUT2D eigenvalue weighted by atomic mass is 9.87. The van der Waals surface area contributed by atoms with Crippen molar-refractivity contribution in [1.82, 2.24) is 30.2 Å². The maximum absolute atomic E-state index is 15.0. The summed E-state index contributed by atoms with van der Waals surface area (Å²) < 4.78 is 11.8. The van der Waals surface area contributed by atoms with Gasteiger partial charge in [-0.2, -0.15) is 0 Å². The summed E-state index contributed by atoms with van der Waals surface area (Å²) in [6.45, 7) is 10.9. The third-order valence-electron chi connectivity index (χ3n) is 16.5. The first-order valence-electron chi connectivity index (χ1n) is 30.4. The van der Waals surface area contributed by atoms with Gasteiger partial charge in [-0.1, -0.05) is 111 Å². The van der Waals surface area contributed by atoms with Crippen LogP contribution in [0.3, 0.4) is 0 Å². The predicted molar refractivity (Wildman–Crippen MR) is 328 cm³/mol. The van der Waals surface area contributed by atoms with Crippen molar-refractivity contribution in [3.05, 3.63) is 149 Å². The monoisotopic (exact) mass is 1190 g/mol. The summed E-state index contributed by atoms with van der Waals surface area (Å²) in [7, 11) is 3.15. The maximum atomic E-state index is 15.0.